The molecule has 1 aliphatic rings. The minimum atomic E-state index is -0.252. The summed E-state index contributed by atoms with van der Waals surface area (Å²) >= 11 is 0. The molecule has 1 saturated heterocycles. The highest BCUT2D eigenvalue weighted by Gasteiger charge is 2.18. The van der Waals surface area contributed by atoms with Gasteiger partial charge in [0.15, 0.2) is 0 Å². The fraction of sp³-hybridized carbons (Fsp3) is 0.381. The molecule has 0 bridgehead atoms. The molecule has 1 aromatic heterocycles. The minimum Gasteiger partial charge on any atom is -0.492 e. The van der Waals surface area contributed by atoms with Gasteiger partial charge in [-0.15, -0.1) is 0 Å². The van der Waals surface area contributed by atoms with Crippen LogP contribution in [0.1, 0.15) is 5.82 Å². The van der Waals surface area contributed by atoms with Crippen molar-refractivity contribution in [3.05, 3.63) is 60.2 Å². The normalized spacial score (nSPS) is 16.1. The molecule has 0 aliphatic carbocycles. The number of para-hydroxylation sites is 2. The lowest BCUT2D eigenvalue weighted by atomic mass is 10.3. The molecule has 3 aromatic rings. The topological polar surface area (TPSA) is 33.5 Å². The second-order valence-corrected chi connectivity index (χ2v) is 7.05. The van der Waals surface area contributed by atoms with Crippen LogP contribution in [-0.2, 0) is 13.1 Å². The van der Waals surface area contributed by atoms with Gasteiger partial charge in [0.25, 0.3) is 0 Å². The molecule has 0 saturated carbocycles. The molecule has 2 heterocycles. The van der Waals surface area contributed by atoms with Gasteiger partial charge in [0.1, 0.15) is 24.0 Å². The zero-order valence-corrected chi connectivity index (χ0v) is 15.6. The number of imidazole rings is 1. The maximum atomic E-state index is 13.0. The Hall–Kier alpha value is -2.44. The van der Waals surface area contributed by atoms with E-state index in [2.05, 4.69) is 33.5 Å². The summed E-state index contributed by atoms with van der Waals surface area (Å²) in [6, 6.07) is 14.4. The van der Waals surface area contributed by atoms with Crippen molar-refractivity contribution in [3.8, 4) is 5.75 Å². The predicted molar refractivity (Wildman–Crippen MR) is 104 cm³/mol. The second-order valence-electron chi connectivity index (χ2n) is 7.05. The van der Waals surface area contributed by atoms with Gasteiger partial charge in [0.2, 0.25) is 0 Å². The number of benzene rings is 2. The van der Waals surface area contributed by atoms with Gasteiger partial charge in [-0.25, -0.2) is 9.37 Å². The van der Waals surface area contributed by atoms with Crippen LogP contribution >= 0.6 is 0 Å². The molecule has 0 unspecified atom stereocenters. The Morgan fingerprint density at radius 2 is 1.74 bits per heavy atom. The maximum Gasteiger partial charge on any atom is 0.124 e. The van der Waals surface area contributed by atoms with Crippen molar-refractivity contribution in [1.82, 2.24) is 19.4 Å². The third kappa shape index (κ3) is 4.28. The average Bonchev–Trinajstić information content (AvgIpc) is 3.02. The maximum absolute atomic E-state index is 13.0. The van der Waals surface area contributed by atoms with E-state index in [1.54, 1.807) is 12.1 Å². The van der Waals surface area contributed by atoms with Gasteiger partial charge in [0.05, 0.1) is 24.1 Å². The van der Waals surface area contributed by atoms with Crippen LogP contribution in [0.4, 0.5) is 4.39 Å². The van der Waals surface area contributed by atoms with E-state index < -0.39 is 0 Å². The lowest BCUT2D eigenvalue weighted by molar-refractivity contribution is 0.144. The number of rotatable bonds is 6. The molecule has 6 heteroatoms. The van der Waals surface area contributed by atoms with Crippen molar-refractivity contribution in [2.45, 2.75) is 13.1 Å². The van der Waals surface area contributed by atoms with Gasteiger partial charge in [-0.05, 0) is 43.4 Å². The van der Waals surface area contributed by atoms with Crippen LogP contribution in [-0.4, -0.2) is 59.2 Å². The number of ether oxygens (including phenoxy) is 1. The lowest BCUT2D eigenvalue weighted by Gasteiger charge is -2.32. The molecule has 27 heavy (non-hydrogen) atoms. The zero-order valence-electron chi connectivity index (χ0n) is 15.6. The summed E-state index contributed by atoms with van der Waals surface area (Å²) in [6.07, 6.45) is 0. The number of fused-ring (bicyclic) bond motifs is 1. The van der Waals surface area contributed by atoms with Gasteiger partial charge >= 0.3 is 0 Å². The summed E-state index contributed by atoms with van der Waals surface area (Å²) in [5.41, 5.74) is 2.15. The SMILES string of the molecule is CN1CCN(Cc2nc3ccccc3n2CCOc2ccc(F)cc2)CC1. The monoisotopic (exact) mass is 368 g/mol. The highest BCUT2D eigenvalue weighted by atomic mass is 19.1. The van der Waals surface area contributed by atoms with Crippen LogP contribution in [0.25, 0.3) is 11.0 Å². The van der Waals surface area contributed by atoms with Gasteiger partial charge < -0.3 is 14.2 Å². The molecule has 1 aliphatic heterocycles. The molecular formula is C21H25FN4O. The standard InChI is InChI=1S/C21H25FN4O/c1-24-10-12-25(13-11-24)16-21-23-19-4-2-3-5-20(19)26(21)14-15-27-18-8-6-17(22)7-9-18/h2-9H,10-16H2,1H3. The van der Waals surface area contributed by atoms with Crippen LogP contribution < -0.4 is 4.74 Å². The summed E-state index contributed by atoms with van der Waals surface area (Å²) in [5, 5.41) is 0. The molecule has 5 nitrogen and oxygen atoms in total. The molecule has 142 valence electrons. The van der Waals surface area contributed by atoms with Gasteiger partial charge in [0, 0.05) is 26.2 Å². The predicted octanol–water partition coefficient (Wildman–Crippen LogP) is 3.00. The number of hydrogen-bond donors (Lipinski definition) is 0. The molecule has 0 radical (unpaired) electrons. The fourth-order valence-electron chi connectivity index (χ4n) is 3.49. The third-order valence-corrected chi connectivity index (χ3v) is 5.09. The smallest absolute Gasteiger partial charge is 0.124 e. The van der Waals surface area contributed by atoms with Gasteiger partial charge in [-0.2, -0.15) is 0 Å². The molecule has 0 N–H and O–H groups in total. The van der Waals surface area contributed by atoms with Crippen LogP contribution in [0.2, 0.25) is 0 Å². The largest absolute Gasteiger partial charge is 0.492 e. The van der Waals surface area contributed by atoms with Crippen LogP contribution in [0.15, 0.2) is 48.5 Å². The van der Waals surface area contributed by atoms with Crippen LogP contribution in [0, 0.1) is 5.82 Å². The van der Waals surface area contributed by atoms with Crippen molar-refractivity contribution in [2.24, 2.45) is 0 Å². The van der Waals surface area contributed by atoms with E-state index in [1.807, 2.05) is 12.1 Å². The number of piperazine rings is 1. The summed E-state index contributed by atoms with van der Waals surface area (Å²) in [6.45, 7) is 6.38. The molecule has 0 spiro atoms. The van der Waals surface area contributed by atoms with E-state index in [0.29, 0.717) is 18.9 Å². The van der Waals surface area contributed by atoms with Gasteiger partial charge in [-0.3, -0.25) is 4.90 Å². The van der Waals surface area contributed by atoms with E-state index in [4.69, 9.17) is 9.72 Å². The first-order chi connectivity index (χ1) is 13.2. The summed E-state index contributed by atoms with van der Waals surface area (Å²) < 4.78 is 21.1. The Balaban J connectivity index is 1.48. The van der Waals surface area contributed by atoms with Crippen molar-refractivity contribution in [3.63, 3.8) is 0 Å². The fourth-order valence-corrected chi connectivity index (χ4v) is 3.49. The molecular weight excluding hydrogens is 343 g/mol. The molecule has 2 aromatic carbocycles. The molecule has 4 rings (SSSR count). The van der Waals surface area contributed by atoms with E-state index in [0.717, 1.165) is 49.6 Å². The van der Waals surface area contributed by atoms with Gasteiger partial charge in [-0.1, -0.05) is 12.1 Å². The Bertz CT molecular complexity index is 885. The summed E-state index contributed by atoms with van der Waals surface area (Å²) in [4.78, 5) is 9.68. The molecule has 0 amide bonds. The van der Waals surface area contributed by atoms with Crippen molar-refractivity contribution >= 4 is 11.0 Å². The van der Waals surface area contributed by atoms with Crippen LogP contribution in [0.3, 0.4) is 0 Å². The highest BCUT2D eigenvalue weighted by molar-refractivity contribution is 5.75. The third-order valence-electron chi connectivity index (χ3n) is 5.09. The Labute approximate surface area is 159 Å². The Kier molecular flexibility index (Phi) is 5.36. The van der Waals surface area contributed by atoms with Crippen LogP contribution in [0.5, 0.6) is 5.75 Å². The first-order valence-electron chi connectivity index (χ1n) is 9.42. The van der Waals surface area contributed by atoms with Crippen molar-refractivity contribution < 1.29 is 9.13 Å². The summed E-state index contributed by atoms with van der Waals surface area (Å²) in [5.74, 6) is 1.50. The quantitative estimate of drug-likeness (QED) is 0.670. The number of likely N-dealkylation sites (N-methyl/N-ethyl adjacent to an activating group) is 1. The molecule has 0 atom stereocenters. The van der Waals surface area contributed by atoms with Crippen molar-refractivity contribution in [1.29, 1.82) is 0 Å². The first-order valence-corrected chi connectivity index (χ1v) is 9.42. The number of nitrogens with zero attached hydrogens (tertiary/aromatic N) is 4. The second kappa shape index (κ2) is 8.06. The Morgan fingerprint density at radius 1 is 1.00 bits per heavy atom. The first kappa shape index (κ1) is 17.9. The minimum absolute atomic E-state index is 0.252. The van der Waals surface area contributed by atoms with E-state index in [1.165, 1.54) is 12.1 Å². The van der Waals surface area contributed by atoms with E-state index in [-0.39, 0.29) is 5.82 Å². The average molecular weight is 368 g/mol. The number of aromatic nitrogens is 2. The lowest BCUT2D eigenvalue weighted by Crippen LogP contribution is -2.44. The molecule has 1 fully saturated rings. The Morgan fingerprint density at radius 3 is 2.52 bits per heavy atom. The highest BCUT2D eigenvalue weighted by Crippen LogP contribution is 2.18. The van der Waals surface area contributed by atoms with E-state index in [9.17, 15) is 4.39 Å². The van der Waals surface area contributed by atoms with Crippen molar-refractivity contribution in [2.75, 3.05) is 39.8 Å². The zero-order chi connectivity index (χ0) is 18.6. The summed E-state index contributed by atoms with van der Waals surface area (Å²) in [7, 11) is 2.17. The number of halogens is 1. The van der Waals surface area contributed by atoms with E-state index >= 15 is 0 Å². The number of hydrogen-bond acceptors (Lipinski definition) is 4.